The highest BCUT2D eigenvalue weighted by atomic mass is 32.2. The van der Waals surface area contributed by atoms with E-state index in [1.165, 1.54) is 6.07 Å². The molecule has 1 aromatic heterocycles. The largest absolute Gasteiger partial charge is 0.295 e. The highest BCUT2D eigenvalue weighted by Gasteiger charge is 2.14. The second-order valence-corrected chi connectivity index (χ2v) is 4.65. The lowest BCUT2D eigenvalue weighted by atomic mass is 10.1. The normalized spacial score (nSPS) is 11.9. The molecule has 1 aromatic carbocycles. The van der Waals surface area contributed by atoms with Crippen LogP contribution in [0.2, 0.25) is 0 Å². The molecule has 0 atom stereocenters. The van der Waals surface area contributed by atoms with Crippen molar-refractivity contribution in [2.45, 2.75) is 11.8 Å². The van der Waals surface area contributed by atoms with Gasteiger partial charge >= 0.3 is 0 Å². The van der Waals surface area contributed by atoms with Crippen LogP contribution in [0.1, 0.15) is 5.56 Å². The average Bonchev–Trinajstić information content (AvgIpc) is 2.17. The number of fused-ring (bicyclic) bond motifs is 1. The Kier molecular flexibility index (Phi) is 2.21. The van der Waals surface area contributed by atoms with Crippen molar-refractivity contribution in [3.05, 3.63) is 36.0 Å². The van der Waals surface area contributed by atoms with E-state index in [0.29, 0.717) is 10.9 Å². The summed E-state index contributed by atoms with van der Waals surface area (Å²) in [7, 11) is -4.19. The van der Waals surface area contributed by atoms with Gasteiger partial charge in [-0.3, -0.25) is 9.54 Å². The van der Waals surface area contributed by atoms with Crippen LogP contribution in [-0.2, 0) is 10.1 Å². The lowest BCUT2D eigenvalue weighted by Crippen LogP contribution is -2.00. The lowest BCUT2D eigenvalue weighted by Gasteiger charge is -2.04. The van der Waals surface area contributed by atoms with Crippen molar-refractivity contribution in [2.75, 3.05) is 0 Å². The van der Waals surface area contributed by atoms with Gasteiger partial charge in [-0.1, -0.05) is 6.07 Å². The summed E-state index contributed by atoms with van der Waals surface area (Å²) in [6, 6.07) is 6.27. The predicted molar refractivity (Wildman–Crippen MR) is 56.3 cm³/mol. The van der Waals surface area contributed by atoms with E-state index in [1.54, 1.807) is 24.4 Å². The fraction of sp³-hybridized carbons (Fsp3) is 0.100. The molecule has 0 aliphatic carbocycles. The number of aromatic nitrogens is 1. The van der Waals surface area contributed by atoms with Crippen molar-refractivity contribution in [1.82, 2.24) is 4.98 Å². The molecule has 0 bridgehead atoms. The first-order chi connectivity index (χ1) is 7.00. The summed E-state index contributed by atoms with van der Waals surface area (Å²) in [6.45, 7) is 1.84. The Morgan fingerprint density at radius 2 is 2.00 bits per heavy atom. The molecule has 0 unspecified atom stereocenters. The van der Waals surface area contributed by atoms with Gasteiger partial charge in [-0.05, 0) is 30.7 Å². The van der Waals surface area contributed by atoms with Crippen molar-refractivity contribution in [3.8, 4) is 0 Å². The summed E-state index contributed by atoms with van der Waals surface area (Å²) >= 11 is 0. The van der Waals surface area contributed by atoms with Gasteiger partial charge in [-0.15, -0.1) is 0 Å². The number of nitrogens with zero attached hydrogens (tertiary/aromatic N) is 1. The van der Waals surface area contributed by atoms with Crippen LogP contribution in [0.15, 0.2) is 35.4 Å². The van der Waals surface area contributed by atoms with Gasteiger partial charge in [-0.2, -0.15) is 8.42 Å². The van der Waals surface area contributed by atoms with Gasteiger partial charge in [0.2, 0.25) is 0 Å². The first-order valence-electron chi connectivity index (χ1n) is 4.32. The van der Waals surface area contributed by atoms with Crippen molar-refractivity contribution in [1.29, 1.82) is 0 Å². The number of hydrogen-bond acceptors (Lipinski definition) is 3. The van der Waals surface area contributed by atoms with Crippen LogP contribution in [-0.4, -0.2) is 18.0 Å². The topological polar surface area (TPSA) is 67.3 Å². The summed E-state index contributed by atoms with van der Waals surface area (Å²) < 4.78 is 31.2. The third-order valence-corrected chi connectivity index (χ3v) is 3.12. The number of rotatable bonds is 1. The van der Waals surface area contributed by atoms with Gasteiger partial charge in [0, 0.05) is 11.6 Å². The molecule has 1 heterocycles. The Balaban J connectivity index is 2.96. The first kappa shape index (κ1) is 10.1. The standard InChI is InChI=1S/C10H9NO3S/c1-7-4-5-9(15(12,13)14)8-3-2-6-11-10(7)8/h2-6H,1H3,(H,12,13,14). The molecule has 0 saturated heterocycles. The van der Waals surface area contributed by atoms with Crippen LogP contribution < -0.4 is 0 Å². The predicted octanol–water partition coefficient (Wildman–Crippen LogP) is 1.79. The Bertz CT molecular complexity index is 620. The molecule has 0 spiro atoms. The summed E-state index contributed by atoms with van der Waals surface area (Å²) in [5.74, 6) is 0. The van der Waals surface area contributed by atoms with Crippen molar-refractivity contribution >= 4 is 21.0 Å². The van der Waals surface area contributed by atoms with E-state index in [2.05, 4.69) is 4.98 Å². The molecule has 0 amide bonds. The van der Waals surface area contributed by atoms with Crippen LogP contribution in [0.3, 0.4) is 0 Å². The van der Waals surface area contributed by atoms with E-state index in [1.807, 2.05) is 6.92 Å². The van der Waals surface area contributed by atoms with Crippen LogP contribution in [0.25, 0.3) is 10.9 Å². The van der Waals surface area contributed by atoms with E-state index in [4.69, 9.17) is 4.55 Å². The third kappa shape index (κ3) is 1.71. The Hall–Kier alpha value is -1.46. The van der Waals surface area contributed by atoms with Gasteiger partial charge in [-0.25, -0.2) is 0 Å². The lowest BCUT2D eigenvalue weighted by molar-refractivity contribution is 0.484. The molecule has 1 N–H and O–H groups in total. The van der Waals surface area contributed by atoms with Gasteiger partial charge in [0.25, 0.3) is 10.1 Å². The maximum Gasteiger partial charge on any atom is 0.295 e. The minimum absolute atomic E-state index is 0.101. The molecule has 5 heteroatoms. The SMILES string of the molecule is Cc1ccc(S(=O)(=O)O)c2cccnc12. The van der Waals surface area contributed by atoms with Crippen molar-refractivity contribution in [3.63, 3.8) is 0 Å². The van der Waals surface area contributed by atoms with Crippen LogP contribution >= 0.6 is 0 Å². The second-order valence-electron chi connectivity index (χ2n) is 3.26. The van der Waals surface area contributed by atoms with Crippen LogP contribution in [0.4, 0.5) is 0 Å². The molecule has 0 aliphatic rings. The van der Waals surface area contributed by atoms with Crippen molar-refractivity contribution in [2.24, 2.45) is 0 Å². The second kappa shape index (κ2) is 3.29. The van der Waals surface area contributed by atoms with Crippen molar-refractivity contribution < 1.29 is 13.0 Å². The molecule has 0 fully saturated rings. The molecule has 0 aliphatic heterocycles. The summed E-state index contributed by atoms with van der Waals surface area (Å²) in [5.41, 5.74) is 1.46. The maximum atomic E-state index is 11.1. The highest BCUT2D eigenvalue weighted by Crippen LogP contribution is 2.23. The maximum absolute atomic E-state index is 11.1. The van der Waals surface area contributed by atoms with E-state index in [0.717, 1.165) is 5.56 Å². The summed E-state index contributed by atoms with van der Waals surface area (Å²) in [6.07, 6.45) is 1.59. The van der Waals surface area contributed by atoms with E-state index >= 15 is 0 Å². The number of benzene rings is 1. The fourth-order valence-electron chi connectivity index (χ4n) is 1.51. The summed E-state index contributed by atoms with van der Waals surface area (Å²) in [5, 5.41) is 0.444. The fourth-order valence-corrected chi connectivity index (χ4v) is 2.20. The third-order valence-electron chi connectivity index (χ3n) is 2.21. The van der Waals surface area contributed by atoms with Crippen LogP contribution in [0, 0.1) is 6.92 Å². The summed E-state index contributed by atoms with van der Waals surface area (Å²) in [4.78, 5) is 3.98. The van der Waals surface area contributed by atoms with Gasteiger partial charge in [0.05, 0.1) is 5.52 Å². The Morgan fingerprint density at radius 1 is 1.27 bits per heavy atom. The zero-order valence-corrected chi connectivity index (χ0v) is 8.82. The molecule has 2 rings (SSSR count). The molecule has 0 radical (unpaired) electrons. The van der Waals surface area contributed by atoms with E-state index < -0.39 is 10.1 Å². The quantitative estimate of drug-likeness (QED) is 0.748. The Labute approximate surface area is 87.3 Å². The molecule has 2 aromatic rings. The Morgan fingerprint density at radius 3 is 2.67 bits per heavy atom. The number of pyridine rings is 1. The minimum atomic E-state index is -4.19. The van der Waals surface area contributed by atoms with Gasteiger partial charge < -0.3 is 0 Å². The zero-order chi connectivity index (χ0) is 11.1. The van der Waals surface area contributed by atoms with E-state index in [-0.39, 0.29) is 4.90 Å². The van der Waals surface area contributed by atoms with E-state index in [9.17, 15) is 8.42 Å². The number of hydrogen-bond donors (Lipinski definition) is 1. The average molecular weight is 223 g/mol. The monoisotopic (exact) mass is 223 g/mol. The minimum Gasteiger partial charge on any atom is -0.282 e. The molecular weight excluding hydrogens is 214 g/mol. The molecular formula is C10H9NO3S. The molecule has 4 nitrogen and oxygen atoms in total. The molecule has 15 heavy (non-hydrogen) atoms. The van der Waals surface area contributed by atoms with Crippen LogP contribution in [0.5, 0.6) is 0 Å². The molecule has 0 saturated carbocycles. The van der Waals surface area contributed by atoms with Gasteiger partial charge in [0.1, 0.15) is 4.90 Å². The molecule has 78 valence electrons. The highest BCUT2D eigenvalue weighted by molar-refractivity contribution is 7.86. The van der Waals surface area contributed by atoms with Gasteiger partial charge in [0.15, 0.2) is 0 Å². The zero-order valence-electron chi connectivity index (χ0n) is 8.01. The first-order valence-corrected chi connectivity index (χ1v) is 5.76. The number of aryl methyl sites for hydroxylation is 1. The smallest absolute Gasteiger partial charge is 0.282 e.